The maximum absolute atomic E-state index is 13.3. The molecule has 0 radical (unpaired) electrons. The van der Waals surface area contributed by atoms with Crippen molar-refractivity contribution in [2.75, 3.05) is 7.05 Å². The van der Waals surface area contributed by atoms with Crippen LogP contribution < -0.4 is 5.32 Å². The third-order valence-electron chi connectivity index (χ3n) is 4.74. The zero-order valence-corrected chi connectivity index (χ0v) is 12.9. The number of alkyl halides is 3. The van der Waals surface area contributed by atoms with Gasteiger partial charge in [-0.15, -0.1) is 0 Å². The van der Waals surface area contributed by atoms with Crippen molar-refractivity contribution in [3.8, 4) is 0 Å². The van der Waals surface area contributed by atoms with Crippen LogP contribution >= 0.6 is 0 Å². The van der Waals surface area contributed by atoms with Gasteiger partial charge in [0, 0.05) is 6.04 Å². The van der Waals surface area contributed by atoms with E-state index in [4.69, 9.17) is 0 Å². The summed E-state index contributed by atoms with van der Waals surface area (Å²) in [5.74, 6) is -1.56. The molecule has 1 nitrogen and oxygen atoms in total. The van der Waals surface area contributed by atoms with Crippen molar-refractivity contribution in [3.63, 3.8) is 0 Å². The summed E-state index contributed by atoms with van der Waals surface area (Å²) < 4.78 is 40.0. The molecule has 118 valence electrons. The molecular formula is C17H24F3N. The second kappa shape index (κ2) is 6.39. The van der Waals surface area contributed by atoms with E-state index >= 15 is 0 Å². The average molecular weight is 299 g/mol. The number of benzene rings is 1. The van der Waals surface area contributed by atoms with Gasteiger partial charge >= 0.3 is 6.18 Å². The molecule has 1 saturated carbocycles. The van der Waals surface area contributed by atoms with Crippen molar-refractivity contribution in [3.05, 3.63) is 34.9 Å². The molecule has 1 aromatic carbocycles. The number of halogens is 3. The third-order valence-corrected chi connectivity index (χ3v) is 4.74. The normalized spacial score (nSPS) is 24.9. The minimum absolute atomic E-state index is 0.225. The van der Waals surface area contributed by atoms with Crippen molar-refractivity contribution < 1.29 is 13.2 Å². The Bertz CT molecular complexity index is 481. The monoisotopic (exact) mass is 299 g/mol. The average Bonchev–Trinajstić information content (AvgIpc) is 2.41. The highest BCUT2D eigenvalue weighted by molar-refractivity contribution is 5.33. The summed E-state index contributed by atoms with van der Waals surface area (Å²) in [5, 5.41) is 3.15. The van der Waals surface area contributed by atoms with Crippen molar-refractivity contribution >= 4 is 0 Å². The fourth-order valence-corrected chi connectivity index (χ4v) is 3.74. The van der Waals surface area contributed by atoms with Gasteiger partial charge in [-0.3, -0.25) is 0 Å². The Labute approximate surface area is 124 Å². The Kier molecular flexibility index (Phi) is 4.97. The van der Waals surface area contributed by atoms with Crippen molar-refractivity contribution in [2.45, 2.75) is 51.7 Å². The van der Waals surface area contributed by atoms with Crippen LogP contribution in [0.3, 0.4) is 0 Å². The summed E-state index contributed by atoms with van der Waals surface area (Å²) in [6, 6.07) is 5.79. The molecule has 21 heavy (non-hydrogen) atoms. The lowest BCUT2D eigenvalue weighted by Gasteiger charge is -2.38. The molecule has 0 spiro atoms. The first-order valence-electron chi connectivity index (χ1n) is 7.65. The highest BCUT2D eigenvalue weighted by Gasteiger charge is 2.47. The van der Waals surface area contributed by atoms with Gasteiger partial charge in [0.1, 0.15) is 0 Å². The highest BCUT2D eigenvalue weighted by Crippen LogP contribution is 2.46. The van der Waals surface area contributed by atoms with E-state index in [9.17, 15) is 13.2 Å². The van der Waals surface area contributed by atoms with Gasteiger partial charge in [-0.25, -0.2) is 0 Å². The second-order valence-corrected chi connectivity index (χ2v) is 6.22. The second-order valence-electron chi connectivity index (χ2n) is 6.22. The van der Waals surface area contributed by atoms with Crippen LogP contribution in [0.25, 0.3) is 0 Å². The molecule has 1 N–H and O–H groups in total. The van der Waals surface area contributed by atoms with E-state index in [2.05, 4.69) is 5.32 Å². The highest BCUT2D eigenvalue weighted by atomic mass is 19.4. The molecule has 1 aliphatic rings. The maximum atomic E-state index is 13.3. The summed E-state index contributed by atoms with van der Waals surface area (Å²) >= 11 is 0. The number of nitrogens with one attached hydrogen (secondary N) is 1. The molecule has 0 aromatic heterocycles. The first-order chi connectivity index (χ1) is 9.84. The van der Waals surface area contributed by atoms with E-state index in [0.29, 0.717) is 12.8 Å². The summed E-state index contributed by atoms with van der Waals surface area (Å²) in [6.07, 6.45) is -1.62. The van der Waals surface area contributed by atoms with Crippen LogP contribution in [0.5, 0.6) is 0 Å². The van der Waals surface area contributed by atoms with Crippen LogP contribution in [0.4, 0.5) is 13.2 Å². The lowest BCUT2D eigenvalue weighted by molar-refractivity contribution is -0.199. The SMILES string of the molecule is CNC(c1ccc(C)cc1C)C1CCCCC1C(F)(F)F. The number of aryl methyl sites for hydroxylation is 2. The van der Waals surface area contributed by atoms with E-state index in [1.54, 1.807) is 7.05 Å². The lowest BCUT2D eigenvalue weighted by atomic mass is 9.72. The van der Waals surface area contributed by atoms with E-state index in [1.807, 2.05) is 32.0 Å². The molecule has 0 bridgehead atoms. The van der Waals surface area contributed by atoms with Gasteiger partial charge < -0.3 is 5.32 Å². The van der Waals surface area contributed by atoms with Crippen molar-refractivity contribution in [2.24, 2.45) is 11.8 Å². The van der Waals surface area contributed by atoms with Gasteiger partial charge in [-0.05, 0) is 50.8 Å². The van der Waals surface area contributed by atoms with Crippen molar-refractivity contribution in [1.82, 2.24) is 5.32 Å². The fourth-order valence-electron chi connectivity index (χ4n) is 3.74. The molecule has 1 aliphatic carbocycles. The van der Waals surface area contributed by atoms with Gasteiger partial charge in [0.15, 0.2) is 0 Å². The molecule has 0 aliphatic heterocycles. The van der Waals surface area contributed by atoms with Gasteiger partial charge in [0.05, 0.1) is 5.92 Å². The van der Waals surface area contributed by atoms with Gasteiger partial charge in [0.25, 0.3) is 0 Å². The predicted octanol–water partition coefficient (Wildman–Crippen LogP) is 4.93. The van der Waals surface area contributed by atoms with Crippen molar-refractivity contribution in [1.29, 1.82) is 0 Å². The zero-order valence-electron chi connectivity index (χ0n) is 12.9. The van der Waals surface area contributed by atoms with Gasteiger partial charge in [-0.2, -0.15) is 13.2 Å². The van der Waals surface area contributed by atoms with E-state index < -0.39 is 12.1 Å². The summed E-state index contributed by atoms with van der Waals surface area (Å²) in [7, 11) is 1.77. The molecule has 0 saturated heterocycles. The molecule has 1 fully saturated rings. The molecule has 1 aromatic rings. The summed E-state index contributed by atoms with van der Waals surface area (Å²) in [4.78, 5) is 0. The Morgan fingerprint density at radius 3 is 2.38 bits per heavy atom. The van der Waals surface area contributed by atoms with E-state index in [0.717, 1.165) is 23.1 Å². The maximum Gasteiger partial charge on any atom is 0.392 e. The van der Waals surface area contributed by atoms with Crippen LogP contribution in [0, 0.1) is 25.7 Å². The van der Waals surface area contributed by atoms with E-state index in [1.165, 1.54) is 0 Å². The predicted molar refractivity (Wildman–Crippen MR) is 79.2 cm³/mol. The van der Waals surface area contributed by atoms with Crippen LogP contribution in [0.1, 0.15) is 48.4 Å². The van der Waals surface area contributed by atoms with Gasteiger partial charge in [0.2, 0.25) is 0 Å². The zero-order chi connectivity index (χ0) is 15.6. The number of hydrogen-bond donors (Lipinski definition) is 1. The quantitative estimate of drug-likeness (QED) is 0.834. The first-order valence-corrected chi connectivity index (χ1v) is 7.65. The minimum Gasteiger partial charge on any atom is -0.313 e. The Morgan fingerprint density at radius 2 is 1.81 bits per heavy atom. The van der Waals surface area contributed by atoms with Gasteiger partial charge in [-0.1, -0.05) is 36.6 Å². The number of hydrogen-bond acceptors (Lipinski definition) is 1. The smallest absolute Gasteiger partial charge is 0.313 e. The standard InChI is InChI=1S/C17H24F3N/c1-11-8-9-13(12(2)10-11)16(21-3)14-6-4-5-7-15(14)17(18,19)20/h8-10,14-16,21H,4-7H2,1-3H3. The molecule has 0 amide bonds. The molecule has 4 heteroatoms. The Hall–Kier alpha value is -1.03. The first kappa shape index (κ1) is 16.3. The van der Waals surface area contributed by atoms with Crippen LogP contribution in [-0.4, -0.2) is 13.2 Å². The topological polar surface area (TPSA) is 12.0 Å². The number of rotatable bonds is 3. The molecule has 2 rings (SSSR count). The summed E-state index contributed by atoms with van der Waals surface area (Å²) in [6.45, 7) is 3.99. The molecule has 3 unspecified atom stereocenters. The third kappa shape index (κ3) is 3.60. The molecule has 0 heterocycles. The van der Waals surface area contributed by atoms with Crippen LogP contribution in [0.15, 0.2) is 18.2 Å². The minimum atomic E-state index is -4.10. The van der Waals surface area contributed by atoms with E-state index in [-0.39, 0.29) is 18.4 Å². The Morgan fingerprint density at radius 1 is 1.14 bits per heavy atom. The van der Waals surface area contributed by atoms with Crippen LogP contribution in [0.2, 0.25) is 0 Å². The van der Waals surface area contributed by atoms with Crippen LogP contribution in [-0.2, 0) is 0 Å². The lowest BCUT2D eigenvalue weighted by Crippen LogP contribution is -2.40. The molecular weight excluding hydrogens is 275 g/mol. The fraction of sp³-hybridized carbons (Fsp3) is 0.647. The molecule has 3 atom stereocenters. The summed E-state index contributed by atoms with van der Waals surface area (Å²) in [5.41, 5.74) is 3.22. The Balaban J connectivity index is 2.34. The largest absolute Gasteiger partial charge is 0.392 e.